The number of benzene rings is 1. The summed E-state index contributed by atoms with van der Waals surface area (Å²) in [7, 11) is 0. The number of rotatable bonds is 7. The Morgan fingerprint density at radius 3 is 2.79 bits per heavy atom. The first-order valence-corrected chi connectivity index (χ1v) is 10.0. The molecule has 1 aromatic carbocycles. The van der Waals surface area contributed by atoms with E-state index >= 15 is 0 Å². The Bertz CT molecular complexity index is 1140. The van der Waals surface area contributed by atoms with E-state index in [9.17, 15) is 9.59 Å². The molecule has 0 atom stereocenters. The van der Waals surface area contributed by atoms with Gasteiger partial charge in [0.2, 0.25) is 0 Å². The zero-order chi connectivity index (χ0) is 20.1. The fourth-order valence-corrected chi connectivity index (χ4v) is 3.67. The summed E-state index contributed by atoms with van der Waals surface area (Å²) in [6.07, 6.45) is 5.71. The summed E-state index contributed by atoms with van der Waals surface area (Å²) in [5.41, 5.74) is 2.37. The van der Waals surface area contributed by atoms with Crippen molar-refractivity contribution >= 4 is 40.1 Å². The molecular weight excluding hydrogens is 386 g/mol. The maximum absolute atomic E-state index is 12.7. The van der Waals surface area contributed by atoms with Gasteiger partial charge in [-0.3, -0.25) is 9.59 Å². The largest absolute Gasteiger partial charge is 0.459 e. The molecule has 0 unspecified atom stereocenters. The fraction of sp³-hybridized carbons (Fsp3) is 0.0909. The first kappa shape index (κ1) is 18.8. The molecule has 0 aliphatic carbocycles. The summed E-state index contributed by atoms with van der Waals surface area (Å²) in [6.45, 7) is 0.444. The Kier molecular flexibility index (Phi) is 5.58. The second kappa shape index (κ2) is 8.62. The number of furan rings is 1. The van der Waals surface area contributed by atoms with Crippen LogP contribution in [0, 0.1) is 0 Å². The van der Waals surface area contributed by atoms with Crippen LogP contribution in [-0.4, -0.2) is 23.3 Å². The van der Waals surface area contributed by atoms with Crippen molar-refractivity contribution in [3.63, 3.8) is 0 Å². The number of nitrogens with one attached hydrogen (secondary N) is 3. The van der Waals surface area contributed by atoms with Gasteiger partial charge in [0.25, 0.3) is 11.8 Å². The third kappa shape index (κ3) is 4.47. The lowest BCUT2D eigenvalue weighted by Gasteiger charge is -2.10. The van der Waals surface area contributed by atoms with Crippen LogP contribution < -0.4 is 10.6 Å². The highest BCUT2D eigenvalue weighted by Crippen LogP contribution is 2.18. The fourth-order valence-electron chi connectivity index (χ4n) is 3.01. The maximum atomic E-state index is 12.7. The smallest absolute Gasteiger partial charge is 0.291 e. The van der Waals surface area contributed by atoms with Gasteiger partial charge in [-0.1, -0.05) is 24.3 Å². The van der Waals surface area contributed by atoms with Crippen molar-refractivity contribution in [3.8, 4) is 0 Å². The summed E-state index contributed by atoms with van der Waals surface area (Å²) in [4.78, 5) is 29.2. The number of H-pyrrole nitrogens is 1. The average molecular weight is 405 g/mol. The number of aromatic nitrogens is 1. The highest BCUT2D eigenvalue weighted by Gasteiger charge is 2.16. The van der Waals surface area contributed by atoms with Gasteiger partial charge >= 0.3 is 0 Å². The van der Waals surface area contributed by atoms with Crippen molar-refractivity contribution < 1.29 is 14.0 Å². The van der Waals surface area contributed by atoms with Crippen LogP contribution in [-0.2, 0) is 11.2 Å². The molecule has 0 saturated carbocycles. The number of aromatic amines is 1. The minimum absolute atomic E-state index is 0.147. The number of fused-ring (bicyclic) bond motifs is 1. The van der Waals surface area contributed by atoms with E-state index < -0.39 is 5.91 Å². The van der Waals surface area contributed by atoms with Gasteiger partial charge in [0.1, 0.15) is 5.70 Å². The van der Waals surface area contributed by atoms with Crippen LogP contribution in [0.3, 0.4) is 0 Å². The van der Waals surface area contributed by atoms with E-state index in [0.29, 0.717) is 13.0 Å². The predicted molar refractivity (Wildman–Crippen MR) is 113 cm³/mol. The van der Waals surface area contributed by atoms with Gasteiger partial charge in [-0.15, -0.1) is 11.3 Å². The quantitative estimate of drug-likeness (QED) is 0.407. The van der Waals surface area contributed by atoms with Crippen molar-refractivity contribution in [1.29, 1.82) is 0 Å². The lowest BCUT2D eigenvalue weighted by atomic mass is 10.1. The zero-order valence-corrected chi connectivity index (χ0v) is 16.3. The van der Waals surface area contributed by atoms with E-state index in [1.807, 2.05) is 41.9 Å². The topological polar surface area (TPSA) is 87.1 Å². The van der Waals surface area contributed by atoms with E-state index in [-0.39, 0.29) is 17.4 Å². The molecule has 4 aromatic rings. The minimum atomic E-state index is -0.468. The van der Waals surface area contributed by atoms with E-state index in [4.69, 9.17) is 4.42 Å². The Morgan fingerprint density at radius 2 is 2.00 bits per heavy atom. The SMILES string of the molecule is O=C(NCCc1c[nH]c2ccccc12)/C(=C/c1cccs1)NC(=O)c1ccco1. The van der Waals surface area contributed by atoms with Gasteiger partial charge in [0.15, 0.2) is 5.76 Å². The summed E-state index contributed by atoms with van der Waals surface area (Å²) >= 11 is 1.48. The Balaban J connectivity index is 1.44. The van der Waals surface area contributed by atoms with Crippen molar-refractivity contribution in [3.05, 3.63) is 88.3 Å². The highest BCUT2D eigenvalue weighted by atomic mass is 32.1. The number of hydrogen-bond donors (Lipinski definition) is 3. The van der Waals surface area contributed by atoms with Gasteiger partial charge < -0.3 is 20.0 Å². The molecule has 6 nitrogen and oxygen atoms in total. The van der Waals surface area contributed by atoms with Gasteiger partial charge in [0, 0.05) is 28.5 Å². The van der Waals surface area contributed by atoms with Crippen LogP contribution >= 0.6 is 11.3 Å². The van der Waals surface area contributed by atoms with Crippen LogP contribution in [0.1, 0.15) is 21.0 Å². The summed E-state index contributed by atoms with van der Waals surface area (Å²) in [5, 5.41) is 8.59. The molecule has 0 saturated heterocycles. The second-order valence-corrected chi connectivity index (χ2v) is 7.35. The Labute approximate surface area is 171 Å². The lowest BCUT2D eigenvalue weighted by molar-refractivity contribution is -0.117. The molecule has 3 heterocycles. The van der Waals surface area contributed by atoms with E-state index in [0.717, 1.165) is 21.3 Å². The van der Waals surface area contributed by atoms with Gasteiger partial charge in [-0.25, -0.2) is 0 Å². The maximum Gasteiger partial charge on any atom is 0.291 e. The van der Waals surface area contributed by atoms with E-state index in [1.165, 1.54) is 17.6 Å². The van der Waals surface area contributed by atoms with E-state index in [1.54, 1.807) is 18.2 Å². The van der Waals surface area contributed by atoms with E-state index in [2.05, 4.69) is 21.7 Å². The molecule has 29 heavy (non-hydrogen) atoms. The highest BCUT2D eigenvalue weighted by molar-refractivity contribution is 7.10. The van der Waals surface area contributed by atoms with Gasteiger partial charge in [-0.2, -0.15) is 0 Å². The molecule has 3 N–H and O–H groups in total. The summed E-state index contributed by atoms with van der Waals surface area (Å²) < 4.78 is 5.11. The molecule has 0 aliphatic rings. The molecule has 146 valence electrons. The zero-order valence-electron chi connectivity index (χ0n) is 15.5. The molecule has 0 bridgehead atoms. The Hall–Kier alpha value is -3.58. The van der Waals surface area contributed by atoms with Crippen LogP contribution in [0.25, 0.3) is 17.0 Å². The van der Waals surface area contributed by atoms with Crippen LogP contribution in [0.4, 0.5) is 0 Å². The first-order valence-electron chi connectivity index (χ1n) is 9.14. The number of hydrogen-bond acceptors (Lipinski definition) is 4. The minimum Gasteiger partial charge on any atom is -0.459 e. The molecule has 3 aromatic heterocycles. The van der Waals surface area contributed by atoms with Gasteiger partial charge in [0.05, 0.1) is 6.26 Å². The molecule has 2 amide bonds. The predicted octanol–water partition coefficient (Wildman–Crippen LogP) is 3.95. The van der Waals surface area contributed by atoms with Crippen molar-refractivity contribution in [2.24, 2.45) is 0 Å². The lowest BCUT2D eigenvalue weighted by Crippen LogP contribution is -2.35. The number of para-hydroxylation sites is 1. The van der Waals surface area contributed by atoms with Crippen LogP contribution in [0.5, 0.6) is 0 Å². The number of amides is 2. The first-order chi connectivity index (χ1) is 14.2. The second-order valence-electron chi connectivity index (χ2n) is 6.37. The van der Waals surface area contributed by atoms with Crippen LogP contribution in [0.2, 0.25) is 0 Å². The molecule has 4 rings (SSSR count). The van der Waals surface area contributed by atoms with Crippen molar-refractivity contribution in [2.45, 2.75) is 6.42 Å². The molecule has 0 fully saturated rings. The van der Waals surface area contributed by atoms with Crippen LogP contribution in [0.15, 0.2) is 76.5 Å². The third-order valence-corrected chi connectivity index (χ3v) is 5.24. The van der Waals surface area contributed by atoms with Crippen molar-refractivity contribution in [1.82, 2.24) is 15.6 Å². The van der Waals surface area contributed by atoms with Crippen molar-refractivity contribution in [2.75, 3.05) is 6.54 Å². The number of thiophene rings is 1. The molecule has 7 heteroatoms. The van der Waals surface area contributed by atoms with Gasteiger partial charge in [-0.05, 0) is 47.7 Å². The third-order valence-electron chi connectivity index (χ3n) is 4.42. The average Bonchev–Trinajstić information content (AvgIpc) is 3.49. The monoisotopic (exact) mass is 405 g/mol. The normalized spacial score (nSPS) is 11.5. The number of carbonyl (C=O) groups excluding carboxylic acids is 2. The standard InChI is InChI=1S/C22H19N3O3S/c26-21(23-10-9-15-14-24-18-7-2-1-6-17(15)18)19(13-16-5-4-12-29-16)25-22(27)20-8-3-11-28-20/h1-8,11-14,24H,9-10H2,(H,23,26)(H,25,27)/b19-13-. The summed E-state index contributed by atoms with van der Waals surface area (Å²) in [5.74, 6) is -0.670. The molecule has 0 aliphatic heterocycles. The molecular formula is C22H19N3O3S. The summed E-state index contributed by atoms with van der Waals surface area (Å²) in [6, 6.07) is 15.0. The molecule has 0 spiro atoms. The molecule has 0 radical (unpaired) electrons. The number of carbonyl (C=O) groups is 2. The Morgan fingerprint density at radius 1 is 1.10 bits per heavy atom.